The molecule has 0 unspecified atom stereocenters. The van der Waals surface area contributed by atoms with Gasteiger partial charge in [-0.25, -0.2) is 0 Å². The van der Waals surface area contributed by atoms with Crippen molar-refractivity contribution in [2.75, 3.05) is 12.1 Å². The second-order valence-electron chi connectivity index (χ2n) is 6.45. The molecular weight excluding hydrogens is 318 g/mol. The highest BCUT2D eigenvalue weighted by Crippen LogP contribution is 2.34. The zero-order chi connectivity index (χ0) is 17.2. The van der Waals surface area contributed by atoms with Gasteiger partial charge >= 0.3 is 0 Å². The largest absolute Gasteiger partial charge is 0.481 e. The Morgan fingerprint density at radius 1 is 1.04 bits per heavy atom. The summed E-state index contributed by atoms with van der Waals surface area (Å²) in [4.78, 5) is 12.4. The first-order valence-electron chi connectivity index (χ1n) is 8.68. The molecule has 4 rings (SSSR count). The molecule has 1 N–H and O–H groups in total. The number of nitrogens with one attached hydrogen (secondary N) is 1. The molecule has 2 aliphatic rings. The van der Waals surface area contributed by atoms with Gasteiger partial charge in [-0.05, 0) is 68.0 Å². The van der Waals surface area contributed by atoms with Crippen molar-refractivity contribution >= 4 is 11.6 Å². The monoisotopic (exact) mass is 339 g/mol. The van der Waals surface area contributed by atoms with Crippen molar-refractivity contribution in [1.82, 2.24) is 0 Å². The first-order chi connectivity index (χ1) is 12.2. The lowest BCUT2D eigenvalue weighted by Crippen LogP contribution is -2.30. The highest BCUT2D eigenvalue weighted by molar-refractivity contribution is 5.94. The lowest BCUT2D eigenvalue weighted by atomic mass is 9.92. The summed E-state index contributed by atoms with van der Waals surface area (Å²) in [6, 6.07) is 11.5. The van der Waals surface area contributed by atoms with E-state index >= 15 is 0 Å². The van der Waals surface area contributed by atoms with Crippen LogP contribution in [-0.4, -0.2) is 18.8 Å². The van der Waals surface area contributed by atoms with E-state index in [1.807, 2.05) is 6.07 Å². The van der Waals surface area contributed by atoms with Crippen LogP contribution in [0.1, 0.15) is 30.9 Å². The minimum Gasteiger partial charge on any atom is -0.481 e. The Kier molecular flexibility index (Phi) is 4.22. The van der Waals surface area contributed by atoms with E-state index in [2.05, 4.69) is 17.4 Å². The zero-order valence-corrected chi connectivity index (χ0v) is 14.2. The van der Waals surface area contributed by atoms with Crippen molar-refractivity contribution in [1.29, 1.82) is 0 Å². The fourth-order valence-corrected chi connectivity index (χ4v) is 3.26. The van der Waals surface area contributed by atoms with Crippen molar-refractivity contribution in [2.24, 2.45) is 0 Å². The van der Waals surface area contributed by atoms with Gasteiger partial charge in [-0.15, -0.1) is 0 Å². The average Bonchev–Trinajstić information content (AvgIpc) is 3.09. The first-order valence-corrected chi connectivity index (χ1v) is 8.68. The summed E-state index contributed by atoms with van der Waals surface area (Å²) in [5.74, 6) is 1.88. The van der Waals surface area contributed by atoms with E-state index in [4.69, 9.17) is 14.2 Å². The van der Waals surface area contributed by atoms with Crippen molar-refractivity contribution < 1.29 is 19.0 Å². The van der Waals surface area contributed by atoms with Crippen LogP contribution in [0.25, 0.3) is 0 Å². The fraction of sp³-hybridized carbons (Fsp3) is 0.350. The molecule has 1 amide bonds. The molecule has 1 aliphatic heterocycles. The molecule has 1 heterocycles. The van der Waals surface area contributed by atoms with Crippen molar-refractivity contribution in [3.05, 3.63) is 47.5 Å². The van der Waals surface area contributed by atoms with Gasteiger partial charge in [0.15, 0.2) is 17.6 Å². The summed E-state index contributed by atoms with van der Waals surface area (Å²) in [5, 5.41) is 2.85. The highest BCUT2D eigenvalue weighted by Gasteiger charge is 2.19. The first kappa shape index (κ1) is 15.8. The number of hydrogen-bond acceptors (Lipinski definition) is 4. The van der Waals surface area contributed by atoms with Gasteiger partial charge in [0, 0.05) is 11.8 Å². The van der Waals surface area contributed by atoms with Crippen LogP contribution in [0.2, 0.25) is 0 Å². The summed E-state index contributed by atoms with van der Waals surface area (Å²) in [7, 11) is 0. The highest BCUT2D eigenvalue weighted by atomic mass is 16.7. The lowest BCUT2D eigenvalue weighted by Gasteiger charge is -2.19. The normalized spacial score (nSPS) is 16.0. The van der Waals surface area contributed by atoms with Crippen molar-refractivity contribution in [2.45, 2.75) is 38.7 Å². The third kappa shape index (κ3) is 3.40. The molecule has 0 saturated heterocycles. The van der Waals surface area contributed by atoms with Crippen LogP contribution in [0.15, 0.2) is 36.4 Å². The summed E-state index contributed by atoms with van der Waals surface area (Å²) in [5.41, 5.74) is 3.40. The van der Waals surface area contributed by atoms with Gasteiger partial charge in [0.05, 0.1) is 0 Å². The minimum atomic E-state index is -0.591. The molecule has 130 valence electrons. The molecule has 0 aromatic heterocycles. The van der Waals surface area contributed by atoms with E-state index in [1.54, 1.807) is 25.1 Å². The molecule has 1 atom stereocenters. The molecule has 5 heteroatoms. The van der Waals surface area contributed by atoms with Gasteiger partial charge in [-0.3, -0.25) is 4.79 Å². The number of benzene rings is 2. The summed E-state index contributed by atoms with van der Waals surface area (Å²) in [6.45, 7) is 1.96. The molecule has 2 aromatic carbocycles. The van der Waals surface area contributed by atoms with Crippen LogP contribution < -0.4 is 19.5 Å². The van der Waals surface area contributed by atoms with Crippen LogP contribution in [0, 0.1) is 0 Å². The topological polar surface area (TPSA) is 56.8 Å². The third-order valence-electron chi connectivity index (χ3n) is 4.64. The van der Waals surface area contributed by atoms with E-state index in [-0.39, 0.29) is 12.7 Å². The molecule has 2 aromatic rings. The molecule has 0 bridgehead atoms. The summed E-state index contributed by atoms with van der Waals surface area (Å²) < 4.78 is 16.4. The second kappa shape index (κ2) is 6.67. The number of rotatable bonds is 4. The maximum absolute atomic E-state index is 12.4. The van der Waals surface area contributed by atoms with Gasteiger partial charge in [-0.2, -0.15) is 0 Å². The molecular formula is C20H21NO4. The van der Waals surface area contributed by atoms with E-state index in [9.17, 15) is 4.79 Å². The van der Waals surface area contributed by atoms with Crippen LogP contribution >= 0.6 is 0 Å². The smallest absolute Gasteiger partial charge is 0.265 e. The van der Waals surface area contributed by atoms with Gasteiger partial charge in [0.1, 0.15) is 5.75 Å². The molecule has 25 heavy (non-hydrogen) atoms. The Balaban J connectivity index is 1.40. The number of carbonyl (C=O) groups excluding carboxylic acids is 1. The minimum absolute atomic E-state index is 0.198. The third-order valence-corrected chi connectivity index (χ3v) is 4.64. The van der Waals surface area contributed by atoms with Gasteiger partial charge < -0.3 is 19.5 Å². The van der Waals surface area contributed by atoms with E-state index in [0.29, 0.717) is 17.2 Å². The Hall–Kier alpha value is -2.69. The predicted molar refractivity (Wildman–Crippen MR) is 94.4 cm³/mol. The lowest BCUT2D eigenvalue weighted by molar-refractivity contribution is -0.122. The number of hydrogen-bond donors (Lipinski definition) is 1. The molecule has 0 fully saturated rings. The Bertz CT molecular complexity index is 802. The number of fused-ring (bicyclic) bond motifs is 2. The fourth-order valence-electron chi connectivity index (χ4n) is 3.26. The van der Waals surface area contributed by atoms with Crippen LogP contribution in [0.5, 0.6) is 17.2 Å². The van der Waals surface area contributed by atoms with E-state index in [1.165, 1.54) is 24.0 Å². The van der Waals surface area contributed by atoms with E-state index < -0.39 is 6.10 Å². The quantitative estimate of drug-likeness (QED) is 0.923. The summed E-state index contributed by atoms with van der Waals surface area (Å²) >= 11 is 0. The van der Waals surface area contributed by atoms with E-state index in [0.717, 1.165) is 18.6 Å². The average molecular weight is 339 g/mol. The summed E-state index contributed by atoms with van der Waals surface area (Å²) in [6.07, 6.45) is 4.10. The molecule has 5 nitrogen and oxygen atoms in total. The second-order valence-corrected chi connectivity index (χ2v) is 6.45. The SMILES string of the molecule is C[C@@H](Oc1ccc2c(c1)CCCC2)C(=O)Nc1ccc2c(c1)OCO2. The number of amides is 1. The standard InChI is InChI=1S/C20H21NO4/c1-13(25-17-8-6-14-4-2-3-5-15(14)10-17)20(22)21-16-7-9-18-19(11-16)24-12-23-18/h6-11,13H,2-5,12H2,1H3,(H,21,22)/t13-/m1/s1. The number of aryl methyl sites for hydroxylation is 2. The molecule has 0 saturated carbocycles. The van der Waals surface area contributed by atoms with Gasteiger partial charge in [0.25, 0.3) is 5.91 Å². The van der Waals surface area contributed by atoms with Crippen molar-refractivity contribution in [3.8, 4) is 17.2 Å². The van der Waals surface area contributed by atoms with Gasteiger partial charge in [-0.1, -0.05) is 6.07 Å². The van der Waals surface area contributed by atoms with Crippen LogP contribution in [0.3, 0.4) is 0 Å². The Labute approximate surface area is 146 Å². The zero-order valence-electron chi connectivity index (χ0n) is 14.2. The number of carbonyl (C=O) groups is 1. The van der Waals surface area contributed by atoms with Crippen molar-refractivity contribution in [3.63, 3.8) is 0 Å². The molecule has 0 radical (unpaired) electrons. The maximum atomic E-state index is 12.4. The molecule has 1 aliphatic carbocycles. The van der Waals surface area contributed by atoms with Crippen LogP contribution in [-0.2, 0) is 17.6 Å². The van der Waals surface area contributed by atoms with Gasteiger partial charge in [0.2, 0.25) is 6.79 Å². The Morgan fingerprint density at radius 3 is 2.72 bits per heavy atom. The Morgan fingerprint density at radius 2 is 1.84 bits per heavy atom. The number of ether oxygens (including phenoxy) is 3. The van der Waals surface area contributed by atoms with Crippen LogP contribution in [0.4, 0.5) is 5.69 Å². The number of anilines is 1. The predicted octanol–water partition coefficient (Wildman–Crippen LogP) is 3.70. The maximum Gasteiger partial charge on any atom is 0.265 e. The molecule has 0 spiro atoms.